The van der Waals surface area contributed by atoms with E-state index in [0.29, 0.717) is 17.9 Å². The topological polar surface area (TPSA) is 54.0 Å². The first-order valence-corrected chi connectivity index (χ1v) is 8.89. The molecular weight excluding hydrogens is 322 g/mol. The number of hydrogen-bond acceptors (Lipinski definition) is 3. The number of hydrogen-bond donors (Lipinski definition) is 2. The van der Waals surface area contributed by atoms with Crippen LogP contribution in [0.3, 0.4) is 0 Å². The summed E-state index contributed by atoms with van der Waals surface area (Å²) in [5.41, 5.74) is 4.05. The van der Waals surface area contributed by atoms with Crippen LogP contribution in [0.15, 0.2) is 72.9 Å². The highest BCUT2D eigenvalue weighted by atomic mass is 16.1. The van der Waals surface area contributed by atoms with Crippen molar-refractivity contribution in [2.24, 2.45) is 0 Å². The van der Waals surface area contributed by atoms with Crippen LogP contribution in [0.2, 0.25) is 0 Å². The van der Waals surface area contributed by atoms with Crippen LogP contribution in [0.5, 0.6) is 0 Å². The molecule has 0 spiro atoms. The fourth-order valence-corrected chi connectivity index (χ4v) is 2.68. The monoisotopic (exact) mass is 345 g/mol. The van der Waals surface area contributed by atoms with Gasteiger partial charge >= 0.3 is 0 Å². The van der Waals surface area contributed by atoms with Crippen LogP contribution in [-0.2, 0) is 12.8 Å². The maximum absolute atomic E-state index is 12.4. The fraction of sp³-hybridized carbons (Fsp3) is 0.182. The Balaban J connectivity index is 1.58. The molecule has 1 aromatic heterocycles. The van der Waals surface area contributed by atoms with Gasteiger partial charge in [0.1, 0.15) is 5.82 Å². The zero-order valence-corrected chi connectivity index (χ0v) is 14.9. The molecule has 1 amide bonds. The molecule has 0 fully saturated rings. The number of aryl methyl sites for hydroxylation is 1. The van der Waals surface area contributed by atoms with Gasteiger partial charge < -0.3 is 10.6 Å². The van der Waals surface area contributed by atoms with E-state index in [1.54, 1.807) is 18.3 Å². The van der Waals surface area contributed by atoms with Gasteiger partial charge in [0, 0.05) is 24.0 Å². The molecule has 0 bridgehead atoms. The second kappa shape index (κ2) is 8.81. The maximum atomic E-state index is 12.4. The van der Waals surface area contributed by atoms with Crippen LogP contribution in [0.1, 0.15) is 28.4 Å². The molecule has 132 valence electrons. The summed E-state index contributed by atoms with van der Waals surface area (Å²) in [6, 6.07) is 21.8. The summed E-state index contributed by atoms with van der Waals surface area (Å²) in [6.45, 7) is 2.73. The molecule has 26 heavy (non-hydrogen) atoms. The second-order valence-corrected chi connectivity index (χ2v) is 6.10. The molecule has 2 N–H and O–H groups in total. The number of carbonyl (C=O) groups is 1. The number of pyridine rings is 1. The van der Waals surface area contributed by atoms with Crippen molar-refractivity contribution in [1.82, 2.24) is 10.3 Å². The molecule has 0 aliphatic heterocycles. The Labute approximate surface area is 154 Å². The first-order valence-electron chi connectivity index (χ1n) is 8.89. The Morgan fingerprint density at radius 1 is 0.962 bits per heavy atom. The van der Waals surface area contributed by atoms with E-state index in [0.717, 1.165) is 18.5 Å². The first kappa shape index (κ1) is 17.7. The summed E-state index contributed by atoms with van der Waals surface area (Å²) in [4.78, 5) is 16.7. The number of carbonyl (C=O) groups excluding carboxylic acids is 1. The Morgan fingerprint density at radius 3 is 2.46 bits per heavy atom. The van der Waals surface area contributed by atoms with Crippen molar-refractivity contribution in [1.29, 1.82) is 0 Å². The quantitative estimate of drug-likeness (QED) is 0.669. The highest BCUT2D eigenvalue weighted by molar-refractivity contribution is 5.94. The van der Waals surface area contributed by atoms with Gasteiger partial charge in [-0.1, -0.05) is 49.4 Å². The minimum Gasteiger partial charge on any atom is -0.352 e. The lowest BCUT2D eigenvalue weighted by molar-refractivity contribution is 0.0954. The smallest absolute Gasteiger partial charge is 0.251 e. The number of aromatic nitrogens is 1. The van der Waals surface area contributed by atoms with Crippen molar-refractivity contribution >= 4 is 17.4 Å². The molecule has 3 rings (SSSR count). The first-order chi connectivity index (χ1) is 12.7. The molecule has 0 aliphatic carbocycles. The van der Waals surface area contributed by atoms with E-state index in [1.165, 1.54) is 11.1 Å². The lowest BCUT2D eigenvalue weighted by atomic mass is 10.1. The SMILES string of the molecule is CCc1ccc(Nc2cc(C(=O)NCCc3ccccc3)ccn2)cc1. The Hall–Kier alpha value is -3.14. The summed E-state index contributed by atoms with van der Waals surface area (Å²) in [5.74, 6) is 0.567. The van der Waals surface area contributed by atoms with E-state index in [2.05, 4.69) is 46.8 Å². The van der Waals surface area contributed by atoms with E-state index >= 15 is 0 Å². The number of nitrogens with zero attached hydrogens (tertiary/aromatic N) is 1. The third kappa shape index (κ3) is 4.93. The molecule has 0 radical (unpaired) electrons. The Morgan fingerprint density at radius 2 is 1.73 bits per heavy atom. The van der Waals surface area contributed by atoms with Crippen LogP contribution in [0.4, 0.5) is 11.5 Å². The second-order valence-electron chi connectivity index (χ2n) is 6.10. The van der Waals surface area contributed by atoms with Crippen molar-refractivity contribution in [2.75, 3.05) is 11.9 Å². The number of anilines is 2. The fourth-order valence-electron chi connectivity index (χ4n) is 2.68. The van der Waals surface area contributed by atoms with Crippen LogP contribution in [0, 0.1) is 0 Å². The normalized spacial score (nSPS) is 10.3. The molecule has 3 aromatic rings. The minimum absolute atomic E-state index is 0.0901. The standard InChI is InChI=1S/C22H23N3O/c1-2-17-8-10-20(11-9-17)25-21-16-19(13-15-23-21)22(26)24-14-12-18-6-4-3-5-7-18/h3-11,13,15-16H,2,12,14H2,1H3,(H,23,25)(H,24,26). The van der Waals surface area contributed by atoms with Gasteiger partial charge in [0.2, 0.25) is 0 Å². The summed E-state index contributed by atoms with van der Waals surface area (Å²) < 4.78 is 0. The predicted molar refractivity (Wildman–Crippen MR) is 106 cm³/mol. The molecule has 0 saturated heterocycles. The largest absolute Gasteiger partial charge is 0.352 e. The highest BCUT2D eigenvalue weighted by Gasteiger charge is 2.07. The Bertz CT molecular complexity index is 845. The highest BCUT2D eigenvalue weighted by Crippen LogP contribution is 2.16. The molecule has 1 heterocycles. The van der Waals surface area contributed by atoms with Crippen LogP contribution < -0.4 is 10.6 Å². The lowest BCUT2D eigenvalue weighted by Crippen LogP contribution is -2.25. The van der Waals surface area contributed by atoms with Gasteiger partial charge in [-0.2, -0.15) is 0 Å². The van der Waals surface area contributed by atoms with Gasteiger partial charge in [-0.3, -0.25) is 4.79 Å². The number of benzene rings is 2. The van der Waals surface area contributed by atoms with Gasteiger partial charge in [0.25, 0.3) is 5.91 Å². The molecule has 0 unspecified atom stereocenters. The van der Waals surface area contributed by atoms with Crippen molar-refractivity contribution < 1.29 is 4.79 Å². The van der Waals surface area contributed by atoms with Crippen LogP contribution in [0.25, 0.3) is 0 Å². The summed E-state index contributed by atoms with van der Waals surface area (Å²) in [5, 5.41) is 6.20. The molecule has 0 aliphatic rings. The van der Waals surface area contributed by atoms with Gasteiger partial charge in [0.05, 0.1) is 0 Å². The Kier molecular flexibility index (Phi) is 5.99. The third-order valence-corrected chi connectivity index (χ3v) is 4.20. The van der Waals surface area contributed by atoms with E-state index in [4.69, 9.17) is 0 Å². The molecule has 4 nitrogen and oxygen atoms in total. The van der Waals surface area contributed by atoms with E-state index in [-0.39, 0.29) is 5.91 Å². The molecule has 4 heteroatoms. The number of rotatable bonds is 7. The molecule has 0 saturated carbocycles. The van der Waals surface area contributed by atoms with Gasteiger partial charge in [-0.05, 0) is 48.2 Å². The van der Waals surface area contributed by atoms with Crippen molar-refractivity contribution in [3.63, 3.8) is 0 Å². The minimum atomic E-state index is -0.0901. The number of nitrogens with one attached hydrogen (secondary N) is 2. The van der Waals surface area contributed by atoms with Crippen molar-refractivity contribution in [3.8, 4) is 0 Å². The summed E-state index contributed by atoms with van der Waals surface area (Å²) >= 11 is 0. The zero-order chi connectivity index (χ0) is 18.2. The predicted octanol–water partition coefficient (Wildman–Crippen LogP) is 4.36. The lowest BCUT2D eigenvalue weighted by Gasteiger charge is -2.09. The summed E-state index contributed by atoms with van der Waals surface area (Å²) in [6.07, 6.45) is 3.47. The molecule has 0 atom stereocenters. The zero-order valence-electron chi connectivity index (χ0n) is 14.9. The van der Waals surface area contributed by atoms with E-state index in [9.17, 15) is 4.79 Å². The van der Waals surface area contributed by atoms with E-state index in [1.807, 2.05) is 30.3 Å². The molecular formula is C22H23N3O. The van der Waals surface area contributed by atoms with Crippen LogP contribution in [-0.4, -0.2) is 17.4 Å². The molecule has 2 aromatic carbocycles. The van der Waals surface area contributed by atoms with Crippen LogP contribution >= 0.6 is 0 Å². The van der Waals surface area contributed by atoms with E-state index < -0.39 is 0 Å². The van der Waals surface area contributed by atoms with Gasteiger partial charge in [0.15, 0.2) is 0 Å². The average molecular weight is 345 g/mol. The number of amides is 1. The van der Waals surface area contributed by atoms with Gasteiger partial charge in [-0.25, -0.2) is 4.98 Å². The third-order valence-electron chi connectivity index (χ3n) is 4.20. The van der Waals surface area contributed by atoms with Gasteiger partial charge in [-0.15, -0.1) is 0 Å². The van der Waals surface area contributed by atoms with Crippen molar-refractivity contribution in [3.05, 3.63) is 89.6 Å². The van der Waals surface area contributed by atoms with Crippen molar-refractivity contribution in [2.45, 2.75) is 19.8 Å². The average Bonchev–Trinajstić information content (AvgIpc) is 2.69. The maximum Gasteiger partial charge on any atom is 0.251 e. The summed E-state index contributed by atoms with van der Waals surface area (Å²) in [7, 11) is 0.